The summed E-state index contributed by atoms with van der Waals surface area (Å²) in [6.07, 6.45) is 14.0. The summed E-state index contributed by atoms with van der Waals surface area (Å²) in [7, 11) is 5.55. The molecule has 8 aromatic rings. The van der Waals surface area contributed by atoms with Gasteiger partial charge in [-0.1, -0.05) is 76.1 Å². The Morgan fingerprint density at radius 2 is 0.889 bits per heavy atom. The van der Waals surface area contributed by atoms with E-state index in [9.17, 15) is 14.4 Å². The first-order valence-electron chi connectivity index (χ1n) is 27.3. The third-order valence-corrected chi connectivity index (χ3v) is 12.5. The molecule has 0 fully saturated rings. The van der Waals surface area contributed by atoms with Crippen LogP contribution in [0.4, 0.5) is 17.1 Å². The average Bonchev–Trinajstić information content (AvgIpc) is 4.40. The van der Waals surface area contributed by atoms with Crippen molar-refractivity contribution in [2.45, 2.75) is 96.2 Å². The van der Waals surface area contributed by atoms with Crippen molar-refractivity contribution in [3.63, 3.8) is 0 Å². The summed E-state index contributed by atoms with van der Waals surface area (Å²) < 4.78 is 9.79. The monoisotopic (exact) mass is 1100 g/mol. The SMILES string of the molecule is CC.CC.CC.CNc1cc(-c2ccc(C)nc2)cc(C(=O)NCC2=NCC=C2)c1C.CNc1cc(-c2ccc(C)nc2)cc(C(=O)NCc2ccno2)c1C.CNc1cc(-c2ccc(C)nc2)cc(C(=O)NCc2cnoc2)c1C. The molecule has 17 heteroatoms. The molecule has 1 aliphatic rings. The summed E-state index contributed by atoms with van der Waals surface area (Å²) >= 11 is 0. The van der Waals surface area contributed by atoms with Gasteiger partial charge in [-0.2, -0.15) is 0 Å². The van der Waals surface area contributed by atoms with Gasteiger partial charge in [0.15, 0.2) is 5.76 Å². The molecule has 0 radical (unpaired) electrons. The molecule has 3 amide bonds. The fourth-order valence-corrected chi connectivity index (χ4v) is 8.02. The molecule has 17 nitrogen and oxygen atoms in total. The van der Waals surface area contributed by atoms with Gasteiger partial charge in [-0.3, -0.25) is 34.3 Å². The average molecular weight is 1100 g/mol. The lowest BCUT2D eigenvalue weighted by molar-refractivity contribution is 0.0940. The van der Waals surface area contributed by atoms with Crippen LogP contribution in [0.15, 0.2) is 142 Å². The van der Waals surface area contributed by atoms with Crippen LogP contribution in [0.2, 0.25) is 0 Å². The van der Waals surface area contributed by atoms with Crippen LogP contribution in [-0.2, 0) is 13.1 Å². The molecule has 0 saturated carbocycles. The van der Waals surface area contributed by atoms with Crippen molar-refractivity contribution in [2.24, 2.45) is 4.99 Å². The van der Waals surface area contributed by atoms with E-state index in [0.717, 1.165) is 95.5 Å². The van der Waals surface area contributed by atoms with Crippen molar-refractivity contribution in [3.05, 3.63) is 190 Å². The molecule has 5 aromatic heterocycles. The number of carbonyl (C=O) groups is 3. The van der Waals surface area contributed by atoms with Gasteiger partial charge in [0.2, 0.25) is 0 Å². The normalized spacial score (nSPS) is 10.7. The number of pyridine rings is 3. The molecule has 0 saturated heterocycles. The van der Waals surface area contributed by atoms with Crippen LogP contribution in [0.5, 0.6) is 0 Å². The van der Waals surface area contributed by atoms with Gasteiger partial charge >= 0.3 is 0 Å². The molecule has 0 atom stereocenters. The van der Waals surface area contributed by atoms with E-state index in [1.54, 1.807) is 18.5 Å². The first-order chi connectivity index (χ1) is 39.2. The van der Waals surface area contributed by atoms with E-state index in [2.05, 4.69) is 62.2 Å². The van der Waals surface area contributed by atoms with Gasteiger partial charge < -0.3 is 40.9 Å². The number of nitrogens with one attached hydrogen (secondary N) is 6. The molecule has 0 bridgehead atoms. The van der Waals surface area contributed by atoms with E-state index in [1.807, 2.05) is 208 Å². The maximum atomic E-state index is 12.7. The molecule has 1 aliphatic heterocycles. The molecule has 9 rings (SSSR count). The van der Waals surface area contributed by atoms with Crippen LogP contribution in [0, 0.1) is 41.5 Å². The summed E-state index contributed by atoms with van der Waals surface area (Å²) in [6, 6.07) is 25.4. The number of carbonyl (C=O) groups excluding carboxylic acids is 3. The fourth-order valence-electron chi connectivity index (χ4n) is 8.02. The second-order valence-corrected chi connectivity index (χ2v) is 17.7. The van der Waals surface area contributed by atoms with Gasteiger partial charge in [0, 0.05) is 125 Å². The second kappa shape index (κ2) is 33.2. The molecule has 0 unspecified atom stereocenters. The number of aliphatic imine (C=N–C) groups is 1. The number of aryl methyl sites for hydroxylation is 3. The van der Waals surface area contributed by atoms with Crippen molar-refractivity contribution >= 4 is 40.5 Å². The van der Waals surface area contributed by atoms with Crippen molar-refractivity contribution < 1.29 is 23.4 Å². The molecular weight excluding hydrogens is 1020 g/mol. The van der Waals surface area contributed by atoms with E-state index in [1.165, 1.54) is 6.26 Å². The maximum Gasteiger partial charge on any atom is 0.252 e. The number of hydrogen-bond acceptors (Lipinski definition) is 14. The summed E-state index contributed by atoms with van der Waals surface area (Å²) in [6.45, 7) is 25.5. The minimum Gasteiger partial charge on any atom is -0.388 e. The van der Waals surface area contributed by atoms with E-state index in [-0.39, 0.29) is 17.7 Å². The first kappa shape index (κ1) is 64.3. The predicted molar refractivity (Wildman–Crippen MR) is 329 cm³/mol. The Hall–Kier alpha value is -9.25. The van der Waals surface area contributed by atoms with E-state index in [0.29, 0.717) is 48.6 Å². The highest BCUT2D eigenvalue weighted by atomic mass is 16.5. The summed E-state index contributed by atoms with van der Waals surface area (Å²) in [5, 5.41) is 25.5. The Morgan fingerprint density at radius 1 is 0.481 bits per heavy atom. The third kappa shape index (κ3) is 18.4. The number of anilines is 3. The Labute approximate surface area is 478 Å². The lowest BCUT2D eigenvalue weighted by Gasteiger charge is -2.14. The number of aromatic nitrogens is 5. The van der Waals surface area contributed by atoms with Crippen LogP contribution >= 0.6 is 0 Å². The Balaban J connectivity index is 0.000000249. The minimum atomic E-state index is -0.160. The van der Waals surface area contributed by atoms with Crippen molar-refractivity contribution in [1.82, 2.24) is 41.2 Å². The number of rotatable bonds is 15. The molecule has 0 aliphatic carbocycles. The number of amides is 3. The second-order valence-electron chi connectivity index (χ2n) is 17.7. The smallest absolute Gasteiger partial charge is 0.252 e. The maximum absolute atomic E-state index is 12.7. The van der Waals surface area contributed by atoms with Crippen molar-refractivity contribution in [3.8, 4) is 33.4 Å². The molecule has 6 N–H and O–H groups in total. The van der Waals surface area contributed by atoms with Gasteiger partial charge in [0.05, 0.1) is 37.7 Å². The summed E-state index contributed by atoms with van der Waals surface area (Å²) in [4.78, 5) is 55.3. The van der Waals surface area contributed by atoms with E-state index in [4.69, 9.17) is 9.05 Å². The number of nitrogens with zero attached hydrogens (tertiary/aromatic N) is 6. The molecule has 3 aromatic carbocycles. The van der Waals surface area contributed by atoms with Crippen molar-refractivity contribution in [1.29, 1.82) is 0 Å². The molecular formula is C64H80N12O5. The van der Waals surface area contributed by atoms with E-state index >= 15 is 0 Å². The quantitative estimate of drug-likeness (QED) is 0.0562. The largest absolute Gasteiger partial charge is 0.388 e. The Kier molecular flexibility index (Phi) is 26.4. The molecule has 81 heavy (non-hydrogen) atoms. The van der Waals surface area contributed by atoms with Crippen LogP contribution < -0.4 is 31.9 Å². The lowest BCUT2D eigenvalue weighted by Crippen LogP contribution is -2.29. The van der Waals surface area contributed by atoms with Gasteiger partial charge in [0.1, 0.15) is 6.26 Å². The molecule has 426 valence electrons. The molecule has 0 spiro atoms. The van der Waals surface area contributed by atoms with E-state index < -0.39 is 0 Å². The third-order valence-electron chi connectivity index (χ3n) is 12.5. The fraction of sp³-hybridized carbons (Fsp3) is 0.297. The molecule has 6 heterocycles. The minimum absolute atomic E-state index is 0.0982. The van der Waals surface area contributed by atoms with Crippen molar-refractivity contribution in [2.75, 3.05) is 50.2 Å². The van der Waals surface area contributed by atoms with Gasteiger partial charge in [-0.25, -0.2) is 0 Å². The standard InChI is InChI=1S/C20H22N4O.2C19H20N4O2.3C2H6/c1-13-6-7-15(11-23-13)16-9-18(14(2)19(10-16)21-3)20(25)24-12-17-5-4-8-22-17;1-12-4-5-15(10-21-12)16-6-17(13(2)18(7-16)20-3)19(24)22-8-14-9-23-25-11-14;1-12-4-5-14(10-21-12)15-8-17(13(2)18(9-15)20-3)19(24)22-11-16-6-7-23-25-16;3*1-2/h4-7,9-11,21H,8,12H2,1-3H3,(H,24,25);4-7,9-11,20H,8H2,1-3H3,(H,22,24);4-10,20H,11H2,1-3H3,(H,22,24);3*1-2H3. The Morgan fingerprint density at radius 3 is 1.21 bits per heavy atom. The zero-order chi connectivity index (χ0) is 59.4. The Bertz CT molecular complexity index is 3150. The predicted octanol–water partition coefficient (Wildman–Crippen LogP) is 12.9. The van der Waals surface area contributed by atoms with Crippen LogP contribution in [0.25, 0.3) is 33.4 Å². The topological polar surface area (TPSA) is 226 Å². The van der Waals surface area contributed by atoms with Crippen LogP contribution in [0.3, 0.4) is 0 Å². The van der Waals surface area contributed by atoms with Gasteiger partial charge in [0.25, 0.3) is 17.7 Å². The number of benzene rings is 3. The highest BCUT2D eigenvalue weighted by Crippen LogP contribution is 2.31. The van der Waals surface area contributed by atoms with Crippen LogP contribution in [-0.4, -0.2) is 82.9 Å². The first-order valence-corrected chi connectivity index (χ1v) is 27.3. The highest BCUT2D eigenvalue weighted by molar-refractivity contribution is 6.04. The lowest BCUT2D eigenvalue weighted by atomic mass is 9.98. The zero-order valence-electron chi connectivity index (χ0n) is 49.7. The highest BCUT2D eigenvalue weighted by Gasteiger charge is 2.18. The number of hydrogen-bond donors (Lipinski definition) is 6. The summed E-state index contributed by atoms with van der Waals surface area (Å²) in [5.74, 6) is 0.210. The van der Waals surface area contributed by atoms with Crippen LogP contribution in [0.1, 0.15) is 118 Å². The summed E-state index contributed by atoms with van der Waals surface area (Å²) in [5.41, 5.74) is 17.7. The zero-order valence-corrected chi connectivity index (χ0v) is 49.7. The van der Waals surface area contributed by atoms with Gasteiger partial charge in [-0.05, 0) is 136 Å². The van der Waals surface area contributed by atoms with Gasteiger partial charge in [-0.15, -0.1) is 0 Å².